The van der Waals surface area contributed by atoms with Crippen LogP contribution in [0.5, 0.6) is 0 Å². The summed E-state index contributed by atoms with van der Waals surface area (Å²) >= 11 is 0. The van der Waals surface area contributed by atoms with E-state index in [1.54, 1.807) is 4.90 Å². The third-order valence-corrected chi connectivity index (χ3v) is 4.48. The third-order valence-electron chi connectivity index (χ3n) is 4.48. The molecule has 0 aromatic carbocycles. The van der Waals surface area contributed by atoms with Crippen molar-refractivity contribution < 1.29 is 19.1 Å². The van der Waals surface area contributed by atoms with Crippen LogP contribution >= 0.6 is 0 Å². The number of ether oxygens (including phenoxy) is 2. The fourth-order valence-electron chi connectivity index (χ4n) is 3.35. The molecule has 5 heteroatoms. The van der Waals surface area contributed by atoms with Crippen LogP contribution in [0, 0.1) is 17.8 Å². The van der Waals surface area contributed by atoms with Gasteiger partial charge in [-0.15, -0.1) is 0 Å². The molecule has 3 aliphatic rings. The van der Waals surface area contributed by atoms with Gasteiger partial charge in [0.2, 0.25) is 5.91 Å². The second-order valence-corrected chi connectivity index (χ2v) is 5.57. The van der Waals surface area contributed by atoms with Crippen molar-refractivity contribution in [1.82, 2.24) is 4.90 Å². The van der Waals surface area contributed by atoms with Gasteiger partial charge in [0.25, 0.3) is 0 Å². The van der Waals surface area contributed by atoms with Crippen molar-refractivity contribution in [3.63, 3.8) is 0 Å². The van der Waals surface area contributed by atoms with Gasteiger partial charge in [0.05, 0.1) is 20.3 Å². The Balaban J connectivity index is 1.67. The summed E-state index contributed by atoms with van der Waals surface area (Å²) in [6, 6.07) is -0.548. The fraction of sp³-hybridized carbons (Fsp3) is 0.846. The Bertz CT molecular complexity index is 360. The number of rotatable bonds is 2. The molecule has 0 bridgehead atoms. The lowest BCUT2D eigenvalue weighted by molar-refractivity contribution is -0.162. The van der Waals surface area contributed by atoms with Crippen LogP contribution in [0.25, 0.3) is 0 Å². The molecule has 3 atom stereocenters. The molecule has 2 aliphatic carbocycles. The zero-order chi connectivity index (χ0) is 12.7. The van der Waals surface area contributed by atoms with E-state index in [1.165, 1.54) is 13.5 Å². The maximum absolute atomic E-state index is 12.5. The quantitative estimate of drug-likeness (QED) is 0.670. The number of amides is 1. The van der Waals surface area contributed by atoms with E-state index in [0.717, 1.165) is 24.7 Å². The molecule has 3 fully saturated rings. The van der Waals surface area contributed by atoms with Crippen molar-refractivity contribution in [3.8, 4) is 0 Å². The molecule has 0 radical (unpaired) electrons. The topological polar surface area (TPSA) is 55.8 Å². The van der Waals surface area contributed by atoms with E-state index in [2.05, 4.69) is 0 Å². The minimum atomic E-state index is -0.548. The molecule has 1 saturated heterocycles. The zero-order valence-corrected chi connectivity index (χ0v) is 10.6. The van der Waals surface area contributed by atoms with Crippen LogP contribution in [0.3, 0.4) is 0 Å². The highest BCUT2D eigenvalue weighted by Gasteiger charge is 2.50. The molecule has 18 heavy (non-hydrogen) atoms. The first-order valence-corrected chi connectivity index (χ1v) is 6.66. The predicted molar refractivity (Wildman–Crippen MR) is 62.7 cm³/mol. The van der Waals surface area contributed by atoms with E-state index in [4.69, 9.17) is 9.47 Å². The second-order valence-electron chi connectivity index (χ2n) is 5.57. The van der Waals surface area contributed by atoms with E-state index >= 15 is 0 Å². The summed E-state index contributed by atoms with van der Waals surface area (Å²) in [4.78, 5) is 25.8. The number of fused-ring (bicyclic) bond motifs is 1. The molecule has 0 aromatic heterocycles. The van der Waals surface area contributed by atoms with Crippen molar-refractivity contribution in [2.75, 3.05) is 26.9 Å². The number of carbonyl (C=O) groups excluding carboxylic acids is 2. The monoisotopic (exact) mass is 253 g/mol. The number of hydrogen-bond donors (Lipinski definition) is 0. The molecule has 3 rings (SSSR count). The van der Waals surface area contributed by atoms with Crippen LogP contribution in [-0.4, -0.2) is 49.7 Å². The Hall–Kier alpha value is -1.10. The van der Waals surface area contributed by atoms with Crippen molar-refractivity contribution in [2.45, 2.75) is 25.3 Å². The first-order valence-electron chi connectivity index (χ1n) is 6.66. The number of methoxy groups -OCH3 is 1. The zero-order valence-electron chi connectivity index (χ0n) is 10.6. The standard InChI is InChI=1S/C13H19NO4/c1-17-13(16)11-7-18-3-2-14(11)12(15)10-5-8-4-9(8)6-10/h8-11H,2-7H2,1H3. The van der Waals surface area contributed by atoms with Gasteiger partial charge in [-0.25, -0.2) is 4.79 Å². The van der Waals surface area contributed by atoms with Gasteiger partial charge in [-0.05, 0) is 31.1 Å². The molecule has 2 saturated carbocycles. The summed E-state index contributed by atoms with van der Waals surface area (Å²) in [6.45, 7) is 1.28. The Morgan fingerprint density at radius 2 is 1.94 bits per heavy atom. The highest BCUT2D eigenvalue weighted by atomic mass is 16.5. The molecular weight excluding hydrogens is 234 g/mol. The van der Waals surface area contributed by atoms with E-state index < -0.39 is 6.04 Å². The maximum Gasteiger partial charge on any atom is 0.331 e. The lowest BCUT2D eigenvalue weighted by atomic mass is 10.0. The van der Waals surface area contributed by atoms with E-state index in [1.807, 2.05) is 0 Å². The molecule has 1 amide bonds. The summed E-state index contributed by atoms with van der Waals surface area (Å²) in [5.74, 6) is 1.43. The minimum absolute atomic E-state index is 0.124. The number of esters is 1. The van der Waals surface area contributed by atoms with Crippen LogP contribution in [-0.2, 0) is 19.1 Å². The van der Waals surface area contributed by atoms with Gasteiger partial charge in [-0.1, -0.05) is 0 Å². The molecule has 100 valence electrons. The Kier molecular flexibility index (Phi) is 3.01. The number of morpholine rings is 1. The number of carbonyl (C=O) groups is 2. The van der Waals surface area contributed by atoms with Crippen LogP contribution < -0.4 is 0 Å². The summed E-state index contributed by atoms with van der Waals surface area (Å²) in [7, 11) is 1.35. The molecule has 3 unspecified atom stereocenters. The summed E-state index contributed by atoms with van der Waals surface area (Å²) < 4.78 is 10.0. The average Bonchev–Trinajstić information content (AvgIpc) is 3.03. The molecule has 0 aromatic rings. The smallest absolute Gasteiger partial charge is 0.331 e. The highest BCUT2D eigenvalue weighted by molar-refractivity contribution is 5.86. The first-order chi connectivity index (χ1) is 8.70. The first kappa shape index (κ1) is 12.0. The largest absolute Gasteiger partial charge is 0.467 e. The Labute approximate surface area is 106 Å². The van der Waals surface area contributed by atoms with Gasteiger partial charge in [-0.2, -0.15) is 0 Å². The summed E-state index contributed by atoms with van der Waals surface area (Å²) in [5, 5.41) is 0. The second kappa shape index (κ2) is 4.53. The predicted octanol–water partition coefficient (Wildman–Crippen LogP) is 0.433. The van der Waals surface area contributed by atoms with Gasteiger partial charge >= 0.3 is 5.97 Å². The minimum Gasteiger partial charge on any atom is -0.467 e. The third kappa shape index (κ3) is 2.00. The summed E-state index contributed by atoms with van der Waals surface area (Å²) in [5.41, 5.74) is 0. The van der Waals surface area contributed by atoms with E-state index in [-0.39, 0.29) is 24.4 Å². The van der Waals surface area contributed by atoms with Crippen molar-refractivity contribution >= 4 is 11.9 Å². The molecule has 1 heterocycles. The average molecular weight is 253 g/mol. The van der Waals surface area contributed by atoms with Crippen LogP contribution in [0.1, 0.15) is 19.3 Å². The van der Waals surface area contributed by atoms with Gasteiger partial charge in [0.15, 0.2) is 6.04 Å². The Morgan fingerprint density at radius 3 is 2.61 bits per heavy atom. The van der Waals surface area contributed by atoms with E-state index in [9.17, 15) is 9.59 Å². The van der Waals surface area contributed by atoms with Crippen LogP contribution in [0.15, 0.2) is 0 Å². The van der Waals surface area contributed by atoms with Crippen LogP contribution in [0.2, 0.25) is 0 Å². The molecular formula is C13H19NO4. The molecule has 5 nitrogen and oxygen atoms in total. The normalized spacial score (nSPS) is 38.2. The van der Waals surface area contributed by atoms with Gasteiger partial charge in [0, 0.05) is 12.5 Å². The number of nitrogens with zero attached hydrogens (tertiary/aromatic N) is 1. The fourth-order valence-corrected chi connectivity index (χ4v) is 3.35. The van der Waals surface area contributed by atoms with Crippen LogP contribution in [0.4, 0.5) is 0 Å². The summed E-state index contributed by atoms with van der Waals surface area (Å²) in [6.07, 6.45) is 3.32. The van der Waals surface area contributed by atoms with Gasteiger partial charge < -0.3 is 14.4 Å². The number of hydrogen-bond acceptors (Lipinski definition) is 4. The van der Waals surface area contributed by atoms with Crippen molar-refractivity contribution in [2.24, 2.45) is 17.8 Å². The molecule has 0 N–H and O–H groups in total. The molecule has 0 spiro atoms. The van der Waals surface area contributed by atoms with Crippen molar-refractivity contribution in [1.29, 1.82) is 0 Å². The Morgan fingerprint density at radius 1 is 1.22 bits per heavy atom. The van der Waals surface area contributed by atoms with Crippen molar-refractivity contribution in [3.05, 3.63) is 0 Å². The van der Waals surface area contributed by atoms with Gasteiger partial charge in [0.1, 0.15) is 0 Å². The lowest BCUT2D eigenvalue weighted by Crippen LogP contribution is -2.54. The van der Waals surface area contributed by atoms with E-state index in [0.29, 0.717) is 13.2 Å². The SMILES string of the molecule is COC(=O)C1COCCN1C(=O)C1CC2CC2C1. The highest BCUT2D eigenvalue weighted by Crippen LogP contribution is 2.54. The molecule has 1 aliphatic heterocycles. The van der Waals surface area contributed by atoms with Gasteiger partial charge in [-0.3, -0.25) is 4.79 Å². The lowest BCUT2D eigenvalue weighted by Gasteiger charge is -2.35. The maximum atomic E-state index is 12.5.